The maximum absolute atomic E-state index is 11.2. The molecule has 2 aromatic rings. The van der Waals surface area contributed by atoms with E-state index in [1.807, 2.05) is 0 Å². The number of benzene rings is 1. The van der Waals surface area contributed by atoms with Gasteiger partial charge in [-0.05, 0) is 37.6 Å². The van der Waals surface area contributed by atoms with Crippen LogP contribution in [0.2, 0.25) is 0 Å². The molecule has 18 heavy (non-hydrogen) atoms. The molecule has 1 heterocycles. The molecule has 0 radical (unpaired) electrons. The van der Waals surface area contributed by atoms with Gasteiger partial charge in [0.05, 0.1) is 0 Å². The Labute approximate surface area is 103 Å². The summed E-state index contributed by atoms with van der Waals surface area (Å²) in [5, 5.41) is 9.49. The van der Waals surface area contributed by atoms with Crippen LogP contribution in [0.1, 0.15) is 12.5 Å². The number of aliphatic carboxylic acids is 1. The van der Waals surface area contributed by atoms with Crippen molar-refractivity contribution in [2.45, 2.75) is 20.0 Å². The molecule has 1 aromatic heterocycles. The predicted octanol–water partition coefficient (Wildman–Crippen LogP) is 1.95. The van der Waals surface area contributed by atoms with Crippen molar-refractivity contribution in [2.24, 2.45) is 0 Å². The van der Waals surface area contributed by atoms with Crippen molar-refractivity contribution in [2.75, 3.05) is 0 Å². The van der Waals surface area contributed by atoms with Gasteiger partial charge in [0.15, 0.2) is 6.10 Å². The molecule has 0 saturated carbocycles. The molecule has 0 aliphatic rings. The number of rotatable bonds is 3. The Morgan fingerprint density at radius 1 is 1.39 bits per heavy atom. The minimum absolute atomic E-state index is 0.410. The zero-order chi connectivity index (χ0) is 13.3. The third kappa shape index (κ3) is 2.34. The molecule has 2 rings (SSSR count). The van der Waals surface area contributed by atoms with E-state index in [-0.39, 0.29) is 0 Å². The summed E-state index contributed by atoms with van der Waals surface area (Å²) in [5.41, 5.74) is 0.803. The zero-order valence-corrected chi connectivity index (χ0v) is 9.97. The Hall–Kier alpha value is -2.30. The first-order chi connectivity index (χ1) is 8.47. The Morgan fingerprint density at radius 2 is 2.11 bits per heavy atom. The summed E-state index contributed by atoms with van der Waals surface area (Å²) in [6.07, 6.45) is -0.932. The first-order valence-electron chi connectivity index (χ1n) is 5.41. The van der Waals surface area contributed by atoms with Crippen LogP contribution >= 0.6 is 0 Å². The summed E-state index contributed by atoms with van der Waals surface area (Å²) in [6.45, 7) is 3.23. The molecular formula is C13H12O5. The second-order valence-corrected chi connectivity index (χ2v) is 4.00. The monoisotopic (exact) mass is 248 g/mol. The summed E-state index contributed by atoms with van der Waals surface area (Å²) >= 11 is 0. The van der Waals surface area contributed by atoms with Gasteiger partial charge in [0, 0.05) is 11.5 Å². The SMILES string of the molecule is Cc1cc(=O)oc2ccc(O[C@@H](C)C(=O)O)cc12. The molecule has 0 aliphatic carbocycles. The van der Waals surface area contributed by atoms with Crippen molar-refractivity contribution in [3.63, 3.8) is 0 Å². The summed E-state index contributed by atoms with van der Waals surface area (Å²) in [7, 11) is 0. The van der Waals surface area contributed by atoms with E-state index < -0.39 is 17.7 Å². The van der Waals surface area contributed by atoms with Gasteiger partial charge in [0.1, 0.15) is 11.3 Å². The molecule has 0 spiro atoms. The van der Waals surface area contributed by atoms with Gasteiger partial charge < -0.3 is 14.3 Å². The summed E-state index contributed by atoms with van der Waals surface area (Å²) in [4.78, 5) is 21.9. The molecule has 0 aliphatic heterocycles. The van der Waals surface area contributed by atoms with E-state index in [0.717, 1.165) is 10.9 Å². The number of carboxylic acids is 1. The molecule has 5 heteroatoms. The largest absolute Gasteiger partial charge is 0.479 e. The maximum atomic E-state index is 11.2. The van der Waals surface area contributed by atoms with Crippen LogP contribution in [0.5, 0.6) is 5.75 Å². The Bertz CT molecular complexity index is 656. The van der Waals surface area contributed by atoms with E-state index >= 15 is 0 Å². The lowest BCUT2D eigenvalue weighted by molar-refractivity contribution is -0.144. The molecule has 94 valence electrons. The quantitative estimate of drug-likeness (QED) is 0.840. The molecular weight excluding hydrogens is 236 g/mol. The molecule has 0 bridgehead atoms. The standard InChI is InChI=1S/C13H12O5/c1-7-5-12(14)18-11-4-3-9(6-10(7)11)17-8(2)13(15)16/h3-6,8H,1-2H3,(H,15,16)/t8-/m0/s1. The number of ether oxygens (including phenoxy) is 1. The normalized spacial score (nSPS) is 12.3. The van der Waals surface area contributed by atoms with Crippen molar-refractivity contribution >= 4 is 16.9 Å². The molecule has 0 amide bonds. The average molecular weight is 248 g/mol. The van der Waals surface area contributed by atoms with Gasteiger partial charge in [-0.1, -0.05) is 0 Å². The third-order valence-corrected chi connectivity index (χ3v) is 2.58. The van der Waals surface area contributed by atoms with Gasteiger partial charge in [-0.25, -0.2) is 9.59 Å². The van der Waals surface area contributed by atoms with Crippen LogP contribution in [0.15, 0.2) is 33.5 Å². The van der Waals surface area contributed by atoms with Crippen molar-refractivity contribution in [3.8, 4) is 5.75 Å². The zero-order valence-electron chi connectivity index (χ0n) is 9.97. The van der Waals surface area contributed by atoms with Gasteiger partial charge in [0.2, 0.25) is 0 Å². The molecule has 0 unspecified atom stereocenters. The Morgan fingerprint density at radius 3 is 2.78 bits per heavy atom. The lowest BCUT2D eigenvalue weighted by Crippen LogP contribution is -2.22. The van der Waals surface area contributed by atoms with Gasteiger partial charge in [-0.3, -0.25) is 0 Å². The number of aryl methyl sites for hydroxylation is 1. The summed E-state index contributed by atoms with van der Waals surface area (Å²) in [5.74, 6) is -0.610. The van der Waals surface area contributed by atoms with Gasteiger partial charge >= 0.3 is 11.6 Å². The average Bonchev–Trinajstić information content (AvgIpc) is 2.29. The lowest BCUT2D eigenvalue weighted by atomic mass is 10.1. The summed E-state index contributed by atoms with van der Waals surface area (Å²) < 4.78 is 10.3. The number of fused-ring (bicyclic) bond motifs is 1. The maximum Gasteiger partial charge on any atom is 0.344 e. The first kappa shape index (κ1) is 12.2. The fraction of sp³-hybridized carbons (Fsp3) is 0.231. The number of hydrogen-bond donors (Lipinski definition) is 1. The van der Waals surface area contributed by atoms with E-state index in [9.17, 15) is 9.59 Å². The predicted molar refractivity (Wildman–Crippen MR) is 64.9 cm³/mol. The van der Waals surface area contributed by atoms with Crippen LogP contribution in [0.4, 0.5) is 0 Å². The van der Waals surface area contributed by atoms with Crippen LogP contribution in [-0.2, 0) is 4.79 Å². The highest BCUT2D eigenvalue weighted by Gasteiger charge is 2.13. The van der Waals surface area contributed by atoms with Crippen molar-refractivity contribution < 1.29 is 19.1 Å². The fourth-order valence-electron chi connectivity index (χ4n) is 1.63. The summed E-state index contributed by atoms with van der Waals surface area (Å²) in [6, 6.07) is 6.21. The van der Waals surface area contributed by atoms with Crippen LogP contribution < -0.4 is 10.4 Å². The molecule has 1 N–H and O–H groups in total. The molecule has 1 aromatic carbocycles. The molecule has 0 fully saturated rings. The third-order valence-electron chi connectivity index (χ3n) is 2.58. The van der Waals surface area contributed by atoms with E-state index in [4.69, 9.17) is 14.3 Å². The van der Waals surface area contributed by atoms with Gasteiger partial charge in [-0.2, -0.15) is 0 Å². The second-order valence-electron chi connectivity index (χ2n) is 4.00. The molecule has 1 atom stereocenters. The van der Waals surface area contributed by atoms with Crippen molar-refractivity contribution in [3.05, 3.63) is 40.2 Å². The van der Waals surface area contributed by atoms with Gasteiger partial charge in [-0.15, -0.1) is 0 Å². The minimum Gasteiger partial charge on any atom is -0.479 e. The topological polar surface area (TPSA) is 76.7 Å². The Balaban J connectivity index is 2.44. The second kappa shape index (κ2) is 4.52. The smallest absolute Gasteiger partial charge is 0.344 e. The van der Waals surface area contributed by atoms with Crippen LogP contribution in [-0.4, -0.2) is 17.2 Å². The molecule has 0 saturated heterocycles. The van der Waals surface area contributed by atoms with E-state index in [1.54, 1.807) is 25.1 Å². The van der Waals surface area contributed by atoms with Gasteiger partial charge in [0.25, 0.3) is 0 Å². The fourth-order valence-corrected chi connectivity index (χ4v) is 1.63. The number of carboxylic acid groups (broad SMARTS) is 1. The first-order valence-corrected chi connectivity index (χ1v) is 5.41. The lowest BCUT2D eigenvalue weighted by Gasteiger charge is -2.11. The van der Waals surface area contributed by atoms with Crippen LogP contribution in [0.3, 0.4) is 0 Å². The van der Waals surface area contributed by atoms with Crippen molar-refractivity contribution in [1.29, 1.82) is 0 Å². The number of hydrogen-bond acceptors (Lipinski definition) is 4. The van der Waals surface area contributed by atoms with E-state index in [2.05, 4.69) is 0 Å². The van der Waals surface area contributed by atoms with Crippen LogP contribution in [0, 0.1) is 6.92 Å². The van der Waals surface area contributed by atoms with E-state index in [0.29, 0.717) is 11.3 Å². The highest BCUT2D eigenvalue weighted by Crippen LogP contribution is 2.23. The highest BCUT2D eigenvalue weighted by atomic mass is 16.5. The minimum atomic E-state index is -1.04. The van der Waals surface area contributed by atoms with Crippen molar-refractivity contribution in [1.82, 2.24) is 0 Å². The number of carbonyl (C=O) groups is 1. The Kier molecular flexibility index (Phi) is 3.06. The van der Waals surface area contributed by atoms with Crippen LogP contribution in [0.25, 0.3) is 11.0 Å². The van der Waals surface area contributed by atoms with E-state index in [1.165, 1.54) is 13.0 Å². The highest BCUT2D eigenvalue weighted by molar-refractivity contribution is 5.81. The molecule has 5 nitrogen and oxygen atoms in total.